The number of benzene rings is 7. The van der Waals surface area contributed by atoms with Crippen LogP contribution in [0.4, 0.5) is 51.2 Å². The molecule has 8 aromatic rings. The average Bonchev–Trinajstić information content (AvgIpc) is 3.76. The summed E-state index contributed by atoms with van der Waals surface area (Å²) in [6, 6.07) is 55.2. The fraction of sp³-hybridized carbons (Fsp3) is 0.362. The molecule has 1 aromatic heterocycles. The van der Waals surface area contributed by atoms with Crippen LogP contribution in [0.2, 0.25) is 0 Å². The molecular weight excluding hydrogens is 914 g/mol. The number of hydrogen-bond donors (Lipinski definition) is 0. The number of aryl methyl sites for hydroxylation is 1. The van der Waals surface area contributed by atoms with Gasteiger partial charge in [0, 0.05) is 60.4 Å². The van der Waals surface area contributed by atoms with E-state index in [1.807, 2.05) is 11.3 Å². The topological polar surface area (TPSA) is 9.72 Å². The van der Waals surface area contributed by atoms with Gasteiger partial charge in [-0.2, -0.15) is 0 Å². The summed E-state index contributed by atoms with van der Waals surface area (Å²) in [4.78, 5) is 7.76. The summed E-state index contributed by atoms with van der Waals surface area (Å²) < 4.78 is 2.74. The van der Waals surface area contributed by atoms with Crippen molar-refractivity contribution in [2.45, 2.75) is 163 Å². The number of anilines is 9. The third kappa shape index (κ3) is 8.41. The Hall–Kier alpha value is -6.04. The fourth-order valence-corrected chi connectivity index (χ4v) is 13.5. The molecule has 0 amide bonds. The van der Waals surface area contributed by atoms with Crippen LogP contribution in [0.5, 0.6) is 0 Å². The first kappa shape index (κ1) is 50.1. The van der Waals surface area contributed by atoms with Crippen molar-refractivity contribution in [2.24, 2.45) is 0 Å². The van der Waals surface area contributed by atoms with E-state index < -0.39 is 0 Å². The van der Waals surface area contributed by atoms with Gasteiger partial charge in [-0.05, 0) is 187 Å². The minimum Gasteiger partial charge on any atom is -0.311 e. The molecule has 0 spiro atoms. The molecule has 1 aliphatic carbocycles. The third-order valence-corrected chi connectivity index (χ3v) is 18.2. The van der Waals surface area contributed by atoms with Crippen molar-refractivity contribution in [1.82, 2.24) is 0 Å². The zero-order valence-corrected chi connectivity index (χ0v) is 48.3. The van der Waals surface area contributed by atoms with Crippen LogP contribution in [-0.4, -0.2) is 6.71 Å². The SMILES string of the molecule is Cc1cc2c3c(c1)N(c1ccc4c(c1)C(C)(C)CCC4(C)C)c1c(sc4ccc(C(C)(C)C)cc14)B3c1ccc(N(c3ccc(C(C)(C)C)cc3)c3ccc(C(C)(C)C)cc3)cc1N2c1ccc(C(C)(C)C)cc1. The standard InChI is InChI=1S/C69H78BN3S/c1-43-38-58-61-59(39-43)73(51-31-33-54-55(41-51)69(16,17)37-36-68(54,14)15)62-53-40-47(67(11,12)13)24-35-60(53)74-63(62)70(61)56-34-32-52(42-57(56)72(58)50-29-22-46(23-30-50)66(8,9)10)71(48-25-18-44(19-26-48)64(2,3)4)49-27-20-45(21-28-49)65(5,6)7/h18-35,38-42H,36-37H2,1-17H3. The van der Waals surface area contributed by atoms with Crippen LogP contribution in [0.25, 0.3) is 10.1 Å². The quantitative estimate of drug-likeness (QED) is 0.159. The molecule has 0 N–H and O–H groups in total. The second kappa shape index (κ2) is 17.0. The highest BCUT2D eigenvalue weighted by molar-refractivity contribution is 7.33. The number of rotatable bonds is 5. The summed E-state index contributed by atoms with van der Waals surface area (Å²) in [5.74, 6) is 0. The molecule has 0 atom stereocenters. The zero-order valence-electron chi connectivity index (χ0n) is 47.5. The van der Waals surface area contributed by atoms with Gasteiger partial charge >= 0.3 is 0 Å². The Labute approximate surface area is 448 Å². The predicted octanol–water partition coefficient (Wildman–Crippen LogP) is 18.3. The van der Waals surface area contributed by atoms with Gasteiger partial charge in [-0.3, -0.25) is 0 Å². The van der Waals surface area contributed by atoms with Crippen LogP contribution in [0.15, 0.2) is 140 Å². The van der Waals surface area contributed by atoms with Gasteiger partial charge in [0.15, 0.2) is 0 Å². The smallest absolute Gasteiger partial charge is 0.264 e. The van der Waals surface area contributed by atoms with E-state index in [1.165, 1.54) is 112 Å². The van der Waals surface area contributed by atoms with Crippen LogP contribution in [0.3, 0.4) is 0 Å². The van der Waals surface area contributed by atoms with Gasteiger partial charge in [0.25, 0.3) is 6.71 Å². The van der Waals surface area contributed by atoms with Gasteiger partial charge in [-0.1, -0.05) is 165 Å². The van der Waals surface area contributed by atoms with Crippen molar-refractivity contribution in [3.8, 4) is 0 Å². The van der Waals surface area contributed by atoms with Crippen LogP contribution in [0, 0.1) is 6.92 Å². The molecule has 5 heteroatoms. The molecule has 2 aliphatic heterocycles. The lowest BCUT2D eigenvalue weighted by Crippen LogP contribution is -2.60. The Balaban J connectivity index is 1.20. The van der Waals surface area contributed by atoms with E-state index in [0.717, 1.165) is 17.1 Å². The second-order valence-electron chi connectivity index (χ2n) is 27.6. The summed E-state index contributed by atoms with van der Waals surface area (Å²) in [6.07, 6.45) is 2.36. The maximum Gasteiger partial charge on any atom is 0.264 e. The van der Waals surface area contributed by atoms with Crippen molar-refractivity contribution >= 4 is 95.0 Å². The number of fused-ring (bicyclic) bond motifs is 7. The van der Waals surface area contributed by atoms with Gasteiger partial charge in [-0.15, -0.1) is 11.3 Å². The lowest BCUT2D eigenvalue weighted by molar-refractivity contribution is 0.332. The number of thiophene rings is 1. The molecule has 0 bridgehead atoms. The fourth-order valence-electron chi connectivity index (χ4n) is 12.2. The van der Waals surface area contributed by atoms with Crippen molar-refractivity contribution in [3.63, 3.8) is 0 Å². The molecule has 0 saturated heterocycles. The molecule has 0 saturated carbocycles. The summed E-state index contributed by atoms with van der Waals surface area (Å²) in [6.45, 7) is 39.9. The molecular formula is C69H78BN3S. The van der Waals surface area contributed by atoms with Gasteiger partial charge in [0.1, 0.15) is 0 Å². The van der Waals surface area contributed by atoms with E-state index in [-0.39, 0.29) is 39.2 Å². The predicted molar refractivity (Wildman–Crippen MR) is 325 cm³/mol. The molecule has 0 unspecified atom stereocenters. The van der Waals surface area contributed by atoms with Gasteiger partial charge in [-0.25, -0.2) is 0 Å². The highest BCUT2D eigenvalue weighted by Crippen LogP contribution is 2.53. The highest BCUT2D eigenvalue weighted by Gasteiger charge is 2.47. The highest BCUT2D eigenvalue weighted by atomic mass is 32.1. The first-order chi connectivity index (χ1) is 34.6. The first-order valence-corrected chi connectivity index (χ1v) is 28.1. The first-order valence-electron chi connectivity index (χ1n) is 27.3. The lowest BCUT2D eigenvalue weighted by Gasteiger charge is -2.45. The molecule has 3 nitrogen and oxygen atoms in total. The van der Waals surface area contributed by atoms with Crippen LogP contribution in [0.1, 0.15) is 163 Å². The second-order valence-corrected chi connectivity index (χ2v) is 28.6. The zero-order chi connectivity index (χ0) is 52.8. The Bertz CT molecular complexity index is 3430. The van der Waals surface area contributed by atoms with Gasteiger partial charge in [0.05, 0.1) is 5.69 Å². The Kier molecular flexibility index (Phi) is 11.5. The molecule has 0 radical (unpaired) electrons. The van der Waals surface area contributed by atoms with E-state index in [9.17, 15) is 0 Å². The summed E-state index contributed by atoms with van der Waals surface area (Å²) in [5.41, 5.74) is 23.4. The van der Waals surface area contributed by atoms with E-state index in [4.69, 9.17) is 0 Å². The number of nitrogens with zero attached hydrogens (tertiary/aromatic N) is 3. The van der Waals surface area contributed by atoms with Crippen molar-refractivity contribution in [3.05, 3.63) is 178 Å². The molecule has 378 valence electrons. The molecule has 11 rings (SSSR count). The van der Waals surface area contributed by atoms with Crippen molar-refractivity contribution < 1.29 is 0 Å². The molecule has 7 aromatic carbocycles. The van der Waals surface area contributed by atoms with E-state index in [0.29, 0.717) is 0 Å². The Morgan fingerprint density at radius 3 is 1.47 bits per heavy atom. The van der Waals surface area contributed by atoms with Crippen LogP contribution >= 0.6 is 11.3 Å². The Morgan fingerprint density at radius 1 is 0.459 bits per heavy atom. The van der Waals surface area contributed by atoms with E-state index >= 15 is 0 Å². The minimum atomic E-state index is -0.00547. The molecule has 0 fully saturated rings. The lowest BCUT2D eigenvalue weighted by atomic mass is 9.36. The van der Waals surface area contributed by atoms with Crippen molar-refractivity contribution in [1.29, 1.82) is 0 Å². The number of hydrogen-bond acceptors (Lipinski definition) is 4. The van der Waals surface area contributed by atoms with E-state index in [2.05, 4.69) is 272 Å². The largest absolute Gasteiger partial charge is 0.311 e. The molecule has 74 heavy (non-hydrogen) atoms. The van der Waals surface area contributed by atoms with Gasteiger partial charge in [0.2, 0.25) is 0 Å². The summed E-state index contributed by atoms with van der Waals surface area (Å²) >= 11 is 1.99. The maximum atomic E-state index is 2.69. The van der Waals surface area contributed by atoms with Crippen LogP contribution < -0.4 is 30.4 Å². The Morgan fingerprint density at radius 2 is 0.932 bits per heavy atom. The normalized spacial score (nSPS) is 15.9. The van der Waals surface area contributed by atoms with Crippen LogP contribution in [-0.2, 0) is 32.5 Å². The summed E-state index contributed by atoms with van der Waals surface area (Å²) in [5, 5.41) is 1.34. The van der Waals surface area contributed by atoms with Crippen molar-refractivity contribution in [2.75, 3.05) is 14.7 Å². The molecule has 3 heterocycles. The average molecular weight is 992 g/mol. The minimum absolute atomic E-state index is 0.00547. The maximum absolute atomic E-state index is 2.69. The van der Waals surface area contributed by atoms with Gasteiger partial charge < -0.3 is 14.7 Å². The van der Waals surface area contributed by atoms with E-state index in [1.54, 1.807) is 0 Å². The summed E-state index contributed by atoms with van der Waals surface area (Å²) in [7, 11) is 0. The molecule has 3 aliphatic rings. The third-order valence-electron chi connectivity index (χ3n) is 17.0. The monoisotopic (exact) mass is 992 g/mol.